The zero-order valence-corrected chi connectivity index (χ0v) is 18.4. The Morgan fingerprint density at radius 2 is 2.03 bits per heavy atom. The number of aromatic nitrogens is 3. The minimum absolute atomic E-state index is 0.0214. The molecule has 0 aliphatic rings. The van der Waals surface area contributed by atoms with Crippen molar-refractivity contribution in [3.8, 4) is 17.1 Å². The van der Waals surface area contributed by atoms with Crippen LogP contribution in [0.15, 0.2) is 66.3 Å². The maximum atomic E-state index is 12.7. The Balaban J connectivity index is 1.68. The van der Waals surface area contributed by atoms with Gasteiger partial charge >= 0.3 is 0 Å². The van der Waals surface area contributed by atoms with E-state index in [0.717, 1.165) is 28.3 Å². The molecule has 0 N–H and O–H groups in total. The number of hydrogen-bond donors (Lipinski definition) is 0. The number of carbonyl (C=O) groups is 1. The van der Waals surface area contributed by atoms with E-state index < -0.39 is 0 Å². The SMILES string of the molecule is C=CCn1c(SCC(=O)N(C)Cc2cccc(OC)c2)nnc1-c1cccc(C)c1. The van der Waals surface area contributed by atoms with Gasteiger partial charge in [0.05, 0.1) is 12.9 Å². The molecule has 0 spiro atoms. The fourth-order valence-electron chi connectivity index (χ4n) is 3.06. The van der Waals surface area contributed by atoms with Crippen LogP contribution in [-0.2, 0) is 17.9 Å². The van der Waals surface area contributed by atoms with E-state index in [2.05, 4.69) is 22.8 Å². The first-order chi connectivity index (χ1) is 14.5. The summed E-state index contributed by atoms with van der Waals surface area (Å²) in [7, 11) is 3.43. The molecule has 3 rings (SSSR count). The Morgan fingerprint density at radius 1 is 1.23 bits per heavy atom. The van der Waals surface area contributed by atoms with Crippen molar-refractivity contribution in [1.82, 2.24) is 19.7 Å². The standard InChI is InChI=1S/C23H26N4O2S/c1-5-12-27-22(19-10-6-8-17(2)13-19)24-25-23(27)30-16-21(28)26(3)15-18-9-7-11-20(14-18)29-4/h5-11,13-14H,1,12,15-16H2,2-4H3. The van der Waals surface area contributed by atoms with Gasteiger partial charge in [-0.15, -0.1) is 16.8 Å². The van der Waals surface area contributed by atoms with Crippen molar-refractivity contribution >= 4 is 17.7 Å². The number of rotatable bonds is 9. The summed E-state index contributed by atoms with van der Waals surface area (Å²) in [6.07, 6.45) is 1.81. The number of methoxy groups -OCH3 is 1. The van der Waals surface area contributed by atoms with Gasteiger partial charge in [0, 0.05) is 25.7 Å². The molecule has 2 aromatic carbocycles. The lowest BCUT2D eigenvalue weighted by Crippen LogP contribution is -2.27. The summed E-state index contributed by atoms with van der Waals surface area (Å²) in [6, 6.07) is 15.9. The van der Waals surface area contributed by atoms with Gasteiger partial charge in [-0.3, -0.25) is 9.36 Å². The smallest absolute Gasteiger partial charge is 0.233 e. The monoisotopic (exact) mass is 422 g/mol. The van der Waals surface area contributed by atoms with E-state index in [1.165, 1.54) is 11.8 Å². The third-order valence-electron chi connectivity index (χ3n) is 4.61. The molecule has 3 aromatic rings. The second-order valence-electron chi connectivity index (χ2n) is 6.96. The number of allylic oxidation sites excluding steroid dienone is 1. The minimum Gasteiger partial charge on any atom is -0.497 e. The second kappa shape index (κ2) is 10.1. The van der Waals surface area contributed by atoms with Crippen LogP contribution in [0.3, 0.4) is 0 Å². The molecule has 30 heavy (non-hydrogen) atoms. The summed E-state index contributed by atoms with van der Waals surface area (Å²) in [5, 5.41) is 9.38. The number of benzene rings is 2. The number of amides is 1. The van der Waals surface area contributed by atoms with Crippen molar-refractivity contribution in [1.29, 1.82) is 0 Å². The average molecular weight is 423 g/mol. The van der Waals surface area contributed by atoms with Crippen molar-refractivity contribution in [3.05, 3.63) is 72.3 Å². The third-order valence-corrected chi connectivity index (χ3v) is 5.56. The van der Waals surface area contributed by atoms with Gasteiger partial charge in [-0.05, 0) is 30.7 Å². The van der Waals surface area contributed by atoms with E-state index >= 15 is 0 Å². The molecule has 1 aromatic heterocycles. The van der Waals surface area contributed by atoms with Crippen molar-refractivity contribution in [3.63, 3.8) is 0 Å². The maximum absolute atomic E-state index is 12.7. The molecule has 0 atom stereocenters. The summed E-state index contributed by atoms with van der Waals surface area (Å²) in [5.74, 6) is 1.86. The molecule has 0 radical (unpaired) electrons. The Kier molecular flexibility index (Phi) is 7.30. The van der Waals surface area contributed by atoms with Crippen LogP contribution in [0, 0.1) is 6.92 Å². The zero-order chi connectivity index (χ0) is 21.5. The Bertz CT molecular complexity index is 1030. The Hall–Kier alpha value is -3.06. The molecule has 0 aliphatic carbocycles. The topological polar surface area (TPSA) is 60.2 Å². The van der Waals surface area contributed by atoms with Crippen molar-refractivity contribution in [2.45, 2.75) is 25.2 Å². The van der Waals surface area contributed by atoms with E-state index in [-0.39, 0.29) is 11.7 Å². The van der Waals surface area contributed by atoms with Gasteiger partial charge in [0.15, 0.2) is 11.0 Å². The first kappa shape index (κ1) is 21.6. The normalized spacial score (nSPS) is 10.6. The Labute approximate surface area is 181 Å². The molecular weight excluding hydrogens is 396 g/mol. The summed E-state index contributed by atoms with van der Waals surface area (Å²) >= 11 is 1.39. The summed E-state index contributed by atoms with van der Waals surface area (Å²) in [4.78, 5) is 14.4. The van der Waals surface area contributed by atoms with Gasteiger partial charge in [-0.1, -0.05) is 53.7 Å². The highest BCUT2D eigenvalue weighted by Gasteiger charge is 2.17. The maximum Gasteiger partial charge on any atom is 0.233 e. The highest BCUT2D eigenvalue weighted by Crippen LogP contribution is 2.25. The van der Waals surface area contributed by atoms with E-state index in [9.17, 15) is 4.79 Å². The second-order valence-corrected chi connectivity index (χ2v) is 7.91. The highest BCUT2D eigenvalue weighted by molar-refractivity contribution is 7.99. The Morgan fingerprint density at radius 3 is 2.77 bits per heavy atom. The molecule has 0 bridgehead atoms. The molecule has 0 saturated heterocycles. The number of nitrogens with zero attached hydrogens (tertiary/aromatic N) is 4. The number of hydrogen-bond acceptors (Lipinski definition) is 5. The van der Waals surface area contributed by atoms with Crippen molar-refractivity contribution in [2.75, 3.05) is 19.9 Å². The summed E-state index contributed by atoms with van der Waals surface area (Å²) in [5.41, 5.74) is 3.17. The lowest BCUT2D eigenvalue weighted by atomic mass is 10.1. The fraction of sp³-hybridized carbons (Fsp3) is 0.261. The van der Waals surface area contributed by atoms with Crippen molar-refractivity contribution in [2.24, 2.45) is 0 Å². The highest BCUT2D eigenvalue weighted by atomic mass is 32.2. The molecule has 7 heteroatoms. The number of carbonyl (C=O) groups excluding carboxylic acids is 1. The molecule has 156 valence electrons. The summed E-state index contributed by atoms with van der Waals surface area (Å²) in [6.45, 7) is 6.98. The molecule has 0 saturated carbocycles. The third kappa shape index (κ3) is 5.30. The predicted molar refractivity (Wildman–Crippen MR) is 121 cm³/mol. The van der Waals surface area contributed by atoms with Gasteiger partial charge in [0.1, 0.15) is 5.75 Å². The fourth-order valence-corrected chi connectivity index (χ4v) is 3.94. The lowest BCUT2D eigenvalue weighted by Gasteiger charge is -2.17. The van der Waals surface area contributed by atoms with Gasteiger partial charge in [0.2, 0.25) is 5.91 Å². The zero-order valence-electron chi connectivity index (χ0n) is 17.5. The number of aryl methyl sites for hydroxylation is 1. The molecule has 0 aliphatic heterocycles. The number of ether oxygens (including phenoxy) is 1. The molecule has 1 heterocycles. The van der Waals surface area contributed by atoms with Crippen LogP contribution < -0.4 is 4.74 Å². The molecule has 0 fully saturated rings. The van der Waals surface area contributed by atoms with Crippen LogP contribution >= 0.6 is 11.8 Å². The van der Waals surface area contributed by atoms with Gasteiger partial charge in [-0.2, -0.15) is 0 Å². The van der Waals surface area contributed by atoms with Gasteiger partial charge in [0.25, 0.3) is 0 Å². The van der Waals surface area contributed by atoms with Crippen LogP contribution in [0.2, 0.25) is 0 Å². The predicted octanol–water partition coefficient (Wildman–Crippen LogP) is 4.20. The van der Waals surface area contributed by atoms with Crippen LogP contribution in [0.1, 0.15) is 11.1 Å². The first-order valence-corrected chi connectivity index (χ1v) is 10.6. The van der Waals surface area contributed by atoms with Gasteiger partial charge in [-0.25, -0.2) is 0 Å². The minimum atomic E-state index is 0.0214. The quantitative estimate of drug-likeness (QED) is 0.382. The largest absolute Gasteiger partial charge is 0.497 e. The van der Waals surface area contributed by atoms with E-state index in [1.54, 1.807) is 19.1 Å². The molecular formula is C23H26N4O2S. The van der Waals surface area contributed by atoms with Gasteiger partial charge < -0.3 is 9.64 Å². The van der Waals surface area contributed by atoms with Crippen LogP contribution in [0.25, 0.3) is 11.4 Å². The summed E-state index contributed by atoms with van der Waals surface area (Å²) < 4.78 is 7.24. The lowest BCUT2D eigenvalue weighted by molar-refractivity contribution is -0.127. The molecule has 0 unspecified atom stereocenters. The van der Waals surface area contributed by atoms with E-state index in [4.69, 9.17) is 4.74 Å². The van der Waals surface area contributed by atoms with E-state index in [0.29, 0.717) is 18.2 Å². The number of thioether (sulfide) groups is 1. The molecule has 1 amide bonds. The van der Waals surface area contributed by atoms with E-state index in [1.807, 2.05) is 60.0 Å². The average Bonchev–Trinajstić information content (AvgIpc) is 3.15. The van der Waals surface area contributed by atoms with Crippen molar-refractivity contribution < 1.29 is 9.53 Å². The van der Waals surface area contributed by atoms with Crippen LogP contribution in [-0.4, -0.2) is 45.5 Å². The van der Waals surface area contributed by atoms with Crippen LogP contribution in [0.5, 0.6) is 5.75 Å². The molecule has 6 nitrogen and oxygen atoms in total. The first-order valence-electron chi connectivity index (χ1n) is 9.62. The van der Waals surface area contributed by atoms with Crippen LogP contribution in [0.4, 0.5) is 0 Å².